The smallest absolute Gasteiger partial charge is 0.141 e. The summed E-state index contributed by atoms with van der Waals surface area (Å²) in [5.41, 5.74) is 2.12. The highest BCUT2D eigenvalue weighted by Crippen LogP contribution is 2.17. The molecule has 1 nitrogen and oxygen atoms in total. The fourth-order valence-electron chi connectivity index (χ4n) is 1.30. The van der Waals surface area contributed by atoms with Crippen molar-refractivity contribution in [2.24, 2.45) is 0 Å². The normalized spacial score (nSPS) is 12.2. The van der Waals surface area contributed by atoms with E-state index in [1.165, 1.54) is 11.6 Å². The summed E-state index contributed by atoms with van der Waals surface area (Å²) in [5.74, 6) is -0.378. The van der Waals surface area contributed by atoms with Gasteiger partial charge >= 0.3 is 0 Å². The third kappa shape index (κ3) is 4.33. The van der Waals surface area contributed by atoms with Crippen LogP contribution >= 0.6 is 11.6 Å². The van der Waals surface area contributed by atoms with Crippen LogP contribution in [0, 0.1) is 5.82 Å². The summed E-state index contributed by atoms with van der Waals surface area (Å²) in [7, 11) is 0. The van der Waals surface area contributed by atoms with Gasteiger partial charge in [-0.15, -0.1) is 0 Å². The summed E-state index contributed by atoms with van der Waals surface area (Å²) in [4.78, 5) is 0. The molecule has 0 heterocycles. The molecule has 0 radical (unpaired) electrons. The van der Waals surface area contributed by atoms with Crippen molar-refractivity contribution in [3.05, 3.63) is 40.2 Å². The standard InChI is InChI=1S/C13H17ClFN/c1-9(2)16-8-10(3)6-11-4-5-13(15)12(14)7-11/h4-7,9,16H,8H2,1-3H3/b10-6+. The van der Waals surface area contributed by atoms with Gasteiger partial charge < -0.3 is 5.32 Å². The molecule has 0 aromatic heterocycles. The summed E-state index contributed by atoms with van der Waals surface area (Å²) in [6.45, 7) is 7.06. The Morgan fingerprint density at radius 1 is 1.50 bits per heavy atom. The second kappa shape index (κ2) is 6.02. The van der Waals surface area contributed by atoms with E-state index < -0.39 is 0 Å². The molecule has 0 spiro atoms. The van der Waals surface area contributed by atoms with Crippen LogP contribution in [0.15, 0.2) is 23.8 Å². The first-order valence-electron chi connectivity index (χ1n) is 5.34. The third-order valence-electron chi connectivity index (χ3n) is 2.15. The Morgan fingerprint density at radius 3 is 2.75 bits per heavy atom. The van der Waals surface area contributed by atoms with Crippen LogP contribution in [0.2, 0.25) is 5.02 Å². The molecule has 0 aliphatic carbocycles. The number of rotatable bonds is 4. The van der Waals surface area contributed by atoms with Crippen LogP contribution in [0.25, 0.3) is 6.08 Å². The number of benzene rings is 1. The minimum atomic E-state index is -0.378. The van der Waals surface area contributed by atoms with E-state index in [-0.39, 0.29) is 10.8 Å². The van der Waals surface area contributed by atoms with Crippen LogP contribution in [0.3, 0.4) is 0 Å². The zero-order valence-electron chi connectivity index (χ0n) is 9.85. The lowest BCUT2D eigenvalue weighted by atomic mass is 10.1. The van der Waals surface area contributed by atoms with Gasteiger partial charge in [-0.2, -0.15) is 0 Å². The fraction of sp³-hybridized carbons (Fsp3) is 0.385. The largest absolute Gasteiger partial charge is 0.311 e. The highest BCUT2D eigenvalue weighted by molar-refractivity contribution is 6.30. The van der Waals surface area contributed by atoms with Crippen LogP contribution in [0.5, 0.6) is 0 Å². The molecule has 0 unspecified atom stereocenters. The first kappa shape index (κ1) is 13.2. The maximum atomic E-state index is 12.9. The molecule has 0 saturated carbocycles. The van der Waals surface area contributed by atoms with Crippen molar-refractivity contribution in [2.45, 2.75) is 26.8 Å². The SMILES string of the molecule is C/C(=C\c1ccc(F)c(Cl)c1)CNC(C)C. The lowest BCUT2D eigenvalue weighted by Crippen LogP contribution is -2.24. The zero-order chi connectivity index (χ0) is 12.1. The lowest BCUT2D eigenvalue weighted by Gasteiger charge is -2.08. The van der Waals surface area contributed by atoms with E-state index in [4.69, 9.17) is 11.6 Å². The molecular formula is C13H17ClFN. The Balaban J connectivity index is 2.70. The highest BCUT2D eigenvalue weighted by atomic mass is 35.5. The Labute approximate surface area is 101 Å². The van der Waals surface area contributed by atoms with E-state index in [1.54, 1.807) is 12.1 Å². The van der Waals surface area contributed by atoms with Crippen LogP contribution in [-0.4, -0.2) is 12.6 Å². The minimum absolute atomic E-state index is 0.165. The topological polar surface area (TPSA) is 12.0 Å². The average molecular weight is 242 g/mol. The van der Waals surface area contributed by atoms with Gasteiger partial charge in [-0.3, -0.25) is 0 Å². The Bertz CT molecular complexity index is 386. The Kier molecular flexibility index (Phi) is 4.97. The number of hydrogen-bond donors (Lipinski definition) is 1. The fourth-order valence-corrected chi connectivity index (χ4v) is 1.49. The van der Waals surface area contributed by atoms with Crippen molar-refractivity contribution in [1.82, 2.24) is 5.32 Å². The molecular weight excluding hydrogens is 225 g/mol. The molecule has 16 heavy (non-hydrogen) atoms. The van der Waals surface area contributed by atoms with E-state index in [1.807, 2.05) is 13.0 Å². The Morgan fingerprint density at radius 2 is 2.19 bits per heavy atom. The monoisotopic (exact) mass is 241 g/mol. The molecule has 0 amide bonds. The summed E-state index contributed by atoms with van der Waals surface area (Å²) >= 11 is 5.70. The van der Waals surface area contributed by atoms with Gasteiger partial charge in [0.1, 0.15) is 5.82 Å². The molecule has 88 valence electrons. The maximum absolute atomic E-state index is 12.9. The van der Waals surface area contributed by atoms with Gasteiger partial charge in [0.05, 0.1) is 5.02 Å². The molecule has 0 atom stereocenters. The van der Waals surface area contributed by atoms with Crippen LogP contribution < -0.4 is 5.32 Å². The quantitative estimate of drug-likeness (QED) is 0.844. The third-order valence-corrected chi connectivity index (χ3v) is 2.44. The highest BCUT2D eigenvalue weighted by Gasteiger charge is 1.99. The number of halogens is 2. The van der Waals surface area contributed by atoms with Gasteiger partial charge in [-0.05, 0) is 24.6 Å². The van der Waals surface area contributed by atoms with Crippen LogP contribution in [0.1, 0.15) is 26.3 Å². The lowest BCUT2D eigenvalue weighted by molar-refractivity contribution is 0.622. The summed E-state index contributed by atoms with van der Waals surface area (Å²) < 4.78 is 12.9. The molecule has 1 aromatic carbocycles. The maximum Gasteiger partial charge on any atom is 0.141 e. The van der Waals surface area contributed by atoms with E-state index in [0.717, 1.165) is 12.1 Å². The van der Waals surface area contributed by atoms with E-state index in [9.17, 15) is 4.39 Å². The van der Waals surface area contributed by atoms with Crippen molar-refractivity contribution in [1.29, 1.82) is 0 Å². The molecule has 1 N–H and O–H groups in total. The summed E-state index contributed by atoms with van der Waals surface area (Å²) in [6.07, 6.45) is 2.00. The van der Waals surface area contributed by atoms with Crippen molar-refractivity contribution < 1.29 is 4.39 Å². The first-order valence-corrected chi connectivity index (χ1v) is 5.72. The van der Waals surface area contributed by atoms with Crippen molar-refractivity contribution >= 4 is 17.7 Å². The molecule has 3 heteroatoms. The van der Waals surface area contributed by atoms with Gasteiger partial charge in [0.25, 0.3) is 0 Å². The first-order chi connectivity index (χ1) is 7.49. The van der Waals surface area contributed by atoms with E-state index in [2.05, 4.69) is 19.2 Å². The Hall–Kier alpha value is -0.860. The van der Waals surface area contributed by atoms with E-state index >= 15 is 0 Å². The second-order valence-corrected chi connectivity index (χ2v) is 4.61. The minimum Gasteiger partial charge on any atom is -0.311 e. The molecule has 0 bridgehead atoms. The molecule has 0 fully saturated rings. The van der Waals surface area contributed by atoms with Gasteiger partial charge in [0.15, 0.2) is 0 Å². The molecule has 0 saturated heterocycles. The van der Waals surface area contributed by atoms with Gasteiger partial charge in [0, 0.05) is 12.6 Å². The molecule has 1 aromatic rings. The average Bonchev–Trinajstić information content (AvgIpc) is 2.21. The summed E-state index contributed by atoms with van der Waals surface area (Å²) in [5, 5.41) is 3.48. The number of nitrogens with one attached hydrogen (secondary N) is 1. The van der Waals surface area contributed by atoms with E-state index in [0.29, 0.717) is 6.04 Å². The van der Waals surface area contributed by atoms with Gasteiger partial charge in [0.2, 0.25) is 0 Å². The van der Waals surface area contributed by atoms with Crippen LogP contribution in [-0.2, 0) is 0 Å². The number of hydrogen-bond acceptors (Lipinski definition) is 1. The predicted molar refractivity (Wildman–Crippen MR) is 68.2 cm³/mol. The summed E-state index contributed by atoms with van der Waals surface area (Å²) in [6, 6.07) is 5.20. The van der Waals surface area contributed by atoms with Gasteiger partial charge in [-0.25, -0.2) is 4.39 Å². The van der Waals surface area contributed by atoms with Crippen molar-refractivity contribution in [2.75, 3.05) is 6.54 Å². The van der Waals surface area contributed by atoms with Gasteiger partial charge in [-0.1, -0.05) is 43.2 Å². The zero-order valence-corrected chi connectivity index (χ0v) is 10.6. The molecule has 0 aliphatic rings. The van der Waals surface area contributed by atoms with Crippen LogP contribution in [0.4, 0.5) is 4.39 Å². The second-order valence-electron chi connectivity index (χ2n) is 4.20. The molecule has 1 rings (SSSR count). The molecule has 0 aliphatic heterocycles. The predicted octanol–water partition coefficient (Wildman–Crippen LogP) is 3.88. The van der Waals surface area contributed by atoms with Crippen molar-refractivity contribution in [3.63, 3.8) is 0 Å². The van der Waals surface area contributed by atoms with Crippen molar-refractivity contribution in [3.8, 4) is 0 Å².